The third-order valence-corrected chi connectivity index (χ3v) is 1.79. The van der Waals surface area contributed by atoms with Crippen molar-refractivity contribution in [3.63, 3.8) is 0 Å². The Kier molecular flexibility index (Phi) is 1.54. The lowest BCUT2D eigenvalue weighted by Gasteiger charge is -1.99. The van der Waals surface area contributed by atoms with E-state index in [1.807, 2.05) is 18.2 Å². The molecule has 0 N–H and O–H groups in total. The van der Waals surface area contributed by atoms with E-state index >= 15 is 0 Å². The van der Waals surface area contributed by atoms with Crippen LogP contribution < -0.4 is 0 Å². The average Bonchev–Trinajstić information content (AvgIpc) is 2.04. The van der Waals surface area contributed by atoms with E-state index < -0.39 is 0 Å². The third kappa shape index (κ3) is 1.05. The van der Waals surface area contributed by atoms with Gasteiger partial charge in [-0.25, -0.2) is 4.39 Å². The number of pyridine rings is 1. The monoisotopic (exact) mass is 161 g/mol. The van der Waals surface area contributed by atoms with Crippen molar-refractivity contribution in [1.29, 1.82) is 0 Å². The second-order valence-electron chi connectivity index (χ2n) is 2.76. The van der Waals surface area contributed by atoms with Crippen LogP contribution in [0.1, 0.15) is 5.69 Å². The lowest BCUT2D eigenvalue weighted by Crippen LogP contribution is -1.86. The molecule has 1 aromatic carbocycles. The van der Waals surface area contributed by atoms with Crippen molar-refractivity contribution < 1.29 is 4.39 Å². The Bertz CT molecular complexity index is 423. The minimum Gasteiger partial charge on any atom is -0.253 e. The van der Waals surface area contributed by atoms with Gasteiger partial charge in [0.25, 0.3) is 0 Å². The SMILES string of the molecule is Cc1cc(F)c2ccccc2n1. The minimum absolute atomic E-state index is 0.196. The highest BCUT2D eigenvalue weighted by Gasteiger charge is 2.00. The zero-order valence-electron chi connectivity index (χ0n) is 6.71. The Labute approximate surface area is 69.9 Å². The number of hydrogen-bond acceptors (Lipinski definition) is 1. The van der Waals surface area contributed by atoms with Crippen LogP contribution in [0.3, 0.4) is 0 Å². The van der Waals surface area contributed by atoms with Crippen LogP contribution in [0.25, 0.3) is 10.9 Å². The molecule has 0 aliphatic rings. The second-order valence-corrected chi connectivity index (χ2v) is 2.76. The Balaban J connectivity index is 2.89. The molecule has 0 atom stereocenters. The van der Waals surface area contributed by atoms with Crippen molar-refractivity contribution in [2.45, 2.75) is 6.92 Å². The molecule has 2 heteroatoms. The largest absolute Gasteiger partial charge is 0.253 e. The van der Waals surface area contributed by atoms with E-state index in [9.17, 15) is 4.39 Å². The zero-order chi connectivity index (χ0) is 8.55. The maximum absolute atomic E-state index is 13.2. The average molecular weight is 161 g/mol. The number of nitrogens with zero attached hydrogens (tertiary/aromatic N) is 1. The van der Waals surface area contributed by atoms with E-state index in [1.54, 1.807) is 13.0 Å². The Morgan fingerprint density at radius 1 is 1.25 bits per heavy atom. The van der Waals surface area contributed by atoms with Crippen LogP contribution in [0.5, 0.6) is 0 Å². The van der Waals surface area contributed by atoms with E-state index in [0.717, 1.165) is 5.52 Å². The highest BCUT2D eigenvalue weighted by Crippen LogP contribution is 2.15. The van der Waals surface area contributed by atoms with Crippen LogP contribution in [0, 0.1) is 12.7 Å². The first-order chi connectivity index (χ1) is 5.77. The topological polar surface area (TPSA) is 12.9 Å². The molecule has 60 valence electrons. The minimum atomic E-state index is -0.196. The molecule has 2 aromatic rings. The van der Waals surface area contributed by atoms with Crippen molar-refractivity contribution in [3.05, 3.63) is 41.8 Å². The van der Waals surface area contributed by atoms with Crippen LogP contribution >= 0.6 is 0 Å². The van der Waals surface area contributed by atoms with Gasteiger partial charge >= 0.3 is 0 Å². The molecule has 0 bridgehead atoms. The normalized spacial score (nSPS) is 10.5. The molecule has 0 saturated carbocycles. The van der Waals surface area contributed by atoms with E-state index in [-0.39, 0.29) is 5.82 Å². The van der Waals surface area contributed by atoms with E-state index in [0.29, 0.717) is 11.1 Å². The van der Waals surface area contributed by atoms with Crippen LogP contribution in [0.4, 0.5) is 4.39 Å². The summed E-state index contributed by atoms with van der Waals surface area (Å²) >= 11 is 0. The van der Waals surface area contributed by atoms with Gasteiger partial charge in [-0.1, -0.05) is 12.1 Å². The van der Waals surface area contributed by atoms with E-state index in [1.165, 1.54) is 6.07 Å². The Morgan fingerprint density at radius 3 is 2.83 bits per heavy atom. The van der Waals surface area contributed by atoms with Gasteiger partial charge in [-0.3, -0.25) is 4.98 Å². The molecule has 0 radical (unpaired) electrons. The first kappa shape index (κ1) is 7.22. The molecular formula is C10H8FN. The zero-order valence-corrected chi connectivity index (χ0v) is 6.71. The van der Waals surface area contributed by atoms with Crippen molar-refractivity contribution in [2.75, 3.05) is 0 Å². The summed E-state index contributed by atoms with van der Waals surface area (Å²) < 4.78 is 13.2. The maximum atomic E-state index is 13.2. The van der Waals surface area contributed by atoms with Gasteiger partial charge in [0, 0.05) is 11.1 Å². The molecule has 0 aliphatic heterocycles. The van der Waals surface area contributed by atoms with Crippen molar-refractivity contribution >= 4 is 10.9 Å². The lowest BCUT2D eigenvalue weighted by atomic mass is 10.2. The first-order valence-corrected chi connectivity index (χ1v) is 3.79. The Hall–Kier alpha value is -1.44. The molecule has 0 amide bonds. The number of aromatic nitrogens is 1. The summed E-state index contributed by atoms with van der Waals surface area (Å²) in [6.07, 6.45) is 0. The number of fused-ring (bicyclic) bond motifs is 1. The molecular weight excluding hydrogens is 153 g/mol. The molecule has 0 unspecified atom stereocenters. The number of rotatable bonds is 0. The smallest absolute Gasteiger partial charge is 0.134 e. The predicted octanol–water partition coefficient (Wildman–Crippen LogP) is 2.68. The molecule has 12 heavy (non-hydrogen) atoms. The van der Waals surface area contributed by atoms with Crippen LogP contribution in [-0.2, 0) is 0 Å². The highest BCUT2D eigenvalue weighted by atomic mass is 19.1. The van der Waals surface area contributed by atoms with Gasteiger partial charge in [0.2, 0.25) is 0 Å². The second kappa shape index (κ2) is 2.55. The third-order valence-electron chi connectivity index (χ3n) is 1.79. The summed E-state index contributed by atoms with van der Waals surface area (Å²) in [5.41, 5.74) is 1.43. The predicted molar refractivity (Wildman–Crippen MR) is 46.4 cm³/mol. The summed E-state index contributed by atoms with van der Waals surface area (Å²) in [5.74, 6) is -0.196. The molecule has 0 saturated heterocycles. The maximum Gasteiger partial charge on any atom is 0.134 e. The quantitative estimate of drug-likeness (QED) is 0.578. The fraction of sp³-hybridized carbons (Fsp3) is 0.100. The summed E-state index contributed by atoms with van der Waals surface area (Å²) in [4.78, 5) is 4.20. The fourth-order valence-electron chi connectivity index (χ4n) is 1.26. The van der Waals surface area contributed by atoms with E-state index in [4.69, 9.17) is 0 Å². The standard InChI is InChI=1S/C10H8FN/c1-7-6-9(11)8-4-2-3-5-10(8)12-7/h2-6H,1H3. The van der Waals surface area contributed by atoms with Crippen molar-refractivity contribution in [2.24, 2.45) is 0 Å². The van der Waals surface area contributed by atoms with Gasteiger partial charge in [-0.15, -0.1) is 0 Å². The molecule has 1 nitrogen and oxygen atoms in total. The first-order valence-electron chi connectivity index (χ1n) is 3.79. The summed E-state index contributed by atoms with van der Waals surface area (Å²) in [6, 6.07) is 8.65. The van der Waals surface area contributed by atoms with Gasteiger partial charge in [0.1, 0.15) is 5.82 Å². The molecule has 0 spiro atoms. The highest BCUT2D eigenvalue weighted by molar-refractivity contribution is 5.79. The van der Waals surface area contributed by atoms with Crippen LogP contribution in [0.15, 0.2) is 30.3 Å². The molecule has 0 aliphatic carbocycles. The molecule has 0 fully saturated rings. The Morgan fingerprint density at radius 2 is 2.00 bits per heavy atom. The van der Waals surface area contributed by atoms with E-state index in [2.05, 4.69) is 4.98 Å². The lowest BCUT2D eigenvalue weighted by molar-refractivity contribution is 0.637. The summed E-state index contributed by atoms with van der Waals surface area (Å²) in [5, 5.41) is 0.586. The number of aryl methyl sites for hydroxylation is 1. The number of para-hydroxylation sites is 1. The molecule has 1 heterocycles. The van der Waals surface area contributed by atoms with Gasteiger partial charge < -0.3 is 0 Å². The summed E-state index contributed by atoms with van der Waals surface area (Å²) in [7, 11) is 0. The summed E-state index contributed by atoms with van der Waals surface area (Å²) in [6.45, 7) is 1.79. The van der Waals surface area contributed by atoms with Gasteiger partial charge in [-0.05, 0) is 25.1 Å². The fourth-order valence-corrected chi connectivity index (χ4v) is 1.26. The molecule has 1 aromatic heterocycles. The van der Waals surface area contributed by atoms with Gasteiger partial charge in [0.05, 0.1) is 5.52 Å². The van der Waals surface area contributed by atoms with Crippen LogP contribution in [0.2, 0.25) is 0 Å². The van der Waals surface area contributed by atoms with Crippen LogP contribution in [-0.4, -0.2) is 4.98 Å². The van der Waals surface area contributed by atoms with Crippen molar-refractivity contribution in [1.82, 2.24) is 4.98 Å². The van der Waals surface area contributed by atoms with Gasteiger partial charge in [-0.2, -0.15) is 0 Å². The van der Waals surface area contributed by atoms with Crippen molar-refractivity contribution in [3.8, 4) is 0 Å². The number of benzene rings is 1. The number of hydrogen-bond donors (Lipinski definition) is 0. The molecule has 2 rings (SSSR count). The number of halogens is 1. The van der Waals surface area contributed by atoms with Gasteiger partial charge in [0.15, 0.2) is 0 Å².